The molecule has 1 unspecified atom stereocenters. The molecule has 1 aromatic rings. The van der Waals surface area contributed by atoms with Gasteiger partial charge in [-0.3, -0.25) is 9.63 Å². The third kappa shape index (κ3) is 3.61. The first kappa shape index (κ1) is 14.5. The molecular weight excluding hydrogens is 270 g/mol. The predicted octanol–water partition coefficient (Wildman–Crippen LogP) is 1.64. The first-order valence-electron chi connectivity index (χ1n) is 7.50. The highest BCUT2D eigenvalue weighted by Crippen LogP contribution is 2.32. The molecule has 0 aliphatic carbocycles. The Hall–Kier alpha value is -1.43. The maximum Gasteiger partial charge on any atom is 0.249 e. The Kier molecular flexibility index (Phi) is 4.85. The van der Waals surface area contributed by atoms with Crippen molar-refractivity contribution in [1.82, 2.24) is 5.48 Å². The first-order chi connectivity index (χ1) is 10.3. The fourth-order valence-corrected chi connectivity index (χ4v) is 2.92. The number of amides is 1. The first-order valence-corrected chi connectivity index (χ1v) is 7.50. The van der Waals surface area contributed by atoms with Gasteiger partial charge in [0, 0.05) is 19.6 Å². The smallest absolute Gasteiger partial charge is 0.249 e. The number of rotatable bonds is 4. The molecule has 0 aromatic heterocycles. The van der Waals surface area contributed by atoms with Gasteiger partial charge in [-0.2, -0.15) is 0 Å². The molecule has 1 N–H and O–H groups in total. The van der Waals surface area contributed by atoms with Crippen LogP contribution in [0, 0.1) is 5.92 Å². The van der Waals surface area contributed by atoms with Gasteiger partial charge in [-0.25, -0.2) is 5.48 Å². The van der Waals surface area contributed by atoms with Gasteiger partial charge in [0.2, 0.25) is 5.91 Å². The molecule has 1 amide bonds. The highest BCUT2D eigenvalue weighted by molar-refractivity contribution is 5.79. The van der Waals surface area contributed by atoms with E-state index in [0.29, 0.717) is 26.4 Å². The summed E-state index contributed by atoms with van der Waals surface area (Å²) in [4.78, 5) is 17.8. The van der Waals surface area contributed by atoms with E-state index in [1.807, 2.05) is 18.2 Å². The quantitative estimate of drug-likeness (QED) is 0.857. The van der Waals surface area contributed by atoms with Gasteiger partial charge in [0.05, 0.1) is 19.1 Å². The molecule has 0 radical (unpaired) electrons. The van der Waals surface area contributed by atoms with Crippen LogP contribution in [0.15, 0.2) is 30.3 Å². The van der Waals surface area contributed by atoms with Crippen LogP contribution in [0.1, 0.15) is 24.3 Å². The zero-order chi connectivity index (χ0) is 14.5. The SMILES string of the molecule is O=C(NOC1CCOC1)[C@@H]1COCC[C@@H]1c1ccccc1. The molecule has 2 aliphatic heterocycles. The van der Waals surface area contributed by atoms with Crippen LogP contribution in [-0.4, -0.2) is 38.4 Å². The minimum atomic E-state index is -0.205. The lowest BCUT2D eigenvalue weighted by Gasteiger charge is -2.31. The molecule has 5 nitrogen and oxygen atoms in total. The summed E-state index contributed by atoms with van der Waals surface area (Å²) in [5, 5.41) is 0. The summed E-state index contributed by atoms with van der Waals surface area (Å²) < 4.78 is 10.7. The number of carbonyl (C=O) groups excluding carboxylic acids is 1. The van der Waals surface area contributed by atoms with Crippen molar-refractivity contribution < 1.29 is 19.1 Å². The summed E-state index contributed by atoms with van der Waals surface area (Å²) >= 11 is 0. The van der Waals surface area contributed by atoms with Crippen molar-refractivity contribution in [1.29, 1.82) is 0 Å². The number of hydroxylamine groups is 1. The third-order valence-electron chi connectivity index (χ3n) is 4.13. The number of carbonyl (C=O) groups is 1. The van der Waals surface area contributed by atoms with E-state index in [2.05, 4.69) is 17.6 Å². The van der Waals surface area contributed by atoms with Crippen molar-refractivity contribution in [2.75, 3.05) is 26.4 Å². The Morgan fingerprint density at radius 2 is 1.86 bits per heavy atom. The fraction of sp³-hybridized carbons (Fsp3) is 0.562. The molecule has 114 valence electrons. The zero-order valence-corrected chi connectivity index (χ0v) is 12.0. The number of hydrogen-bond acceptors (Lipinski definition) is 4. The van der Waals surface area contributed by atoms with Gasteiger partial charge >= 0.3 is 0 Å². The highest BCUT2D eigenvalue weighted by Gasteiger charge is 2.33. The van der Waals surface area contributed by atoms with E-state index in [1.165, 1.54) is 5.56 Å². The fourth-order valence-electron chi connectivity index (χ4n) is 2.92. The van der Waals surface area contributed by atoms with Crippen LogP contribution in [0.2, 0.25) is 0 Å². The largest absolute Gasteiger partial charge is 0.381 e. The summed E-state index contributed by atoms with van der Waals surface area (Å²) in [7, 11) is 0. The van der Waals surface area contributed by atoms with E-state index in [0.717, 1.165) is 12.8 Å². The van der Waals surface area contributed by atoms with E-state index >= 15 is 0 Å². The van der Waals surface area contributed by atoms with Crippen LogP contribution in [0.3, 0.4) is 0 Å². The van der Waals surface area contributed by atoms with Crippen LogP contribution >= 0.6 is 0 Å². The van der Waals surface area contributed by atoms with E-state index < -0.39 is 0 Å². The molecule has 2 fully saturated rings. The predicted molar refractivity (Wildman–Crippen MR) is 76.6 cm³/mol. The molecule has 5 heteroatoms. The molecule has 1 aromatic carbocycles. The molecule has 2 aliphatic rings. The Bertz CT molecular complexity index is 459. The Morgan fingerprint density at radius 1 is 1.10 bits per heavy atom. The second-order valence-electron chi connectivity index (χ2n) is 5.56. The average Bonchev–Trinajstić information content (AvgIpc) is 3.07. The molecule has 0 bridgehead atoms. The van der Waals surface area contributed by atoms with Crippen LogP contribution < -0.4 is 5.48 Å². The maximum atomic E-state index is 12.4. The van der Waals surface area contributed by atoms with Crippen molar-refractivity contribution in [3.05, 3.63) is 35.9 Å². The summed E-state index contributed by atoms with van der Waals surface area (Å²) in [6, 6.07) is 10.1. The van der Waals surface area contributed by atoms with E-state index in [1.54, 1.807) is 0 Å². The van der Waals surface area contributed by atoms with Crippen molar-refractivity contribution >= 4 is 5.91 Å². The molecule has 0 spiro atoms. The van der Waals surface area contributed by atoms with Crippen LogP contribution in [0.25, 0.3) is 0 Å². The second kappa shape index (κ2) is 7.02. The molecule has 0 saturated carbocycles. The average molecular weight is 291 g/mol. The van der Waals surface area contributed by atoms with Crippen molar-refractivity contribution in [3.63, 3.8) is 0 Å². The van der Waals surface area contributed by atoms with E-state index in [4.69, 9.17) is 14.3 Å². The van der Waals surface area contributed by atoms with Gasteiger partial charge in [-0.1, -0.05) is 30.3 Å². The van der Waals surface area contributed by atoms with Crippen molar-refractivity contribution in [2.45, 2.75) is 24.9 Å². The van der Waals surface area contributed by atoms with Gasteiger partial charge < -0.3 is 9.47 Å². The second-order valence-corrected chi connectivity index (χ2v) is 5.56. The minimum Gasteiger partial charge on any atom is -0.381 e. The highest BCUT2D eigenvalue weighted by atomic mass is 16.7. The lowest BCUT2D eigenvalue weighted by Crippen LogP contribution is -2.41. The number of nitrogens with one attached hydrogen (secondary N) is 1. The molecule has 2 saturated heterocycles. The van der Waals surface area contributed by atoms with Crippen molar-refractivity contribution in [2.24, 2.45) is 5.92 Å². The Labute approximate surface area is 124 Å². The molecule has 3 rings (SSSR count). The number of hydrogen-bond donors (Lipinski definition) is 1. The Balaban J connectivity index is 1.61. The lowest BCUT2D eigenvalue weighted by molar-refractivity contribution is -0.147. The van der Waals surface area contributed by atoms with Crippen molar-refractivity contribution in [3.8, 4) is 0 Å². The van der Waals surface area contributed by atoms with E-state index in [-0.39, 0.29) is 23.8 Å². The van der Waals surface area contributed by atoms with Gasteiger partial charge in [0.1, 0.15) is 6.10 Å². The summed E-state index contributed by atoms with van der Waals surface area (Å²) in [5.74, 6) is -0.123. The standard InChI is InChI=1S/C16H21NO4/c18-16(17-21-13-6-8-19-10-13)15-11-20-9-7-14(15)12-4-2-1-3-5-12/h1-5,13-15H,6-11H2,(H,17,18)/t13?,14-,15-/m1/s1. The Morgan fingerprint density at radius 3 is 2.62 bits per heavy atom. The van der Waals surface area contributed by atoms with Gasteiger partial charge in [0.15, 0.2) is 0 Å². The van der Waals surface area contributed by atoms with Crippen LogP contribution in [0.5, 0.6) is 0 Å². The molecular formula is C16H21NO4. The summed E-state index contributed by atoms with van der Waals surface area (Å²) in [6.07, 6.45) is 1.65. The summed E-state index contributed by atoms with van der Waals surface area (Å²) in [6.45, 7) is 2.37. The summed E-state index contributed by atoms with van der Waals surface area (Å²) in [5.41, 5.74) is 3.78. The number of ether oxygens (including phenoxy) is 2. The normalized spacial score (nSPS) is 29.2. The zero-order valence-electron chi connectivity index (χ0n) is 12.0. The lowest BCUT2D eigenvalue weighted by atomic mass is 9.82. The van der Waals surface area contributed by atoms with Gasteiger partial charge in [-0.05, 0) is 17.9 Å². The van der Waals surface area contributed by atoms with Crippen LogP contribution in [-0.2, 0) is 19.1 Å². The number of benzene rings is 1. The molecule has 3 atom stereocenters. The topological polar surface area (TPSA) is 56.8 Å². The van der Waals surface area contributed by atoms with Gasteiger partial charge in [0.25, 0.3) is 0 Å². The van der Waals surface area contributed by atoms with Gasteiger partial charge in [-0.15, -0.1) is 0 Å². The molecule has 21 heavy (non-hydrogen) atoms. The van der Waals surface area contributed by atoms with Crippen LogP contribution in [0.4, 0.5) is 0 Å². The molecule has 2 heterocycles. The minimum absolute atomic E-state index is 0.0337. The van der Waals surface area contributed by atoms with E-state index in [9.17, 15) is 4.79 Å². The monoisotopic (exact) mass is 291 g/mol. The maximum absolute atomic E-state index is 12.4. The third-order valence-corrected chi connectivity index (χ3v) is 4.13.